The van der Waals surface area contributed by atoms with E-state index in [2.05, 4.69) is 25.5 Å². The number of benzene rings is 1. The van der Waals surface area contributed by atoms with Gasteiger partial charge in [-0.3, -0.25) is 14.9 Å². The summed E-state index contributed by atoms with van der Waals surface area (Å²) in [5.74, 6) is 1.48. The highest BCUT2D eigenvalue weighted by atomic mass is 16.1. The number of anilines is 2. The number of carbonyl (C=O) groups excluding carboxylic acids is 1. The lowest BCUT2D eigenvalue weighted by atomic mass is 9.97. The summed E-state index contributed by atoms with van der Waals surface area (Å²) in [6.07, 6.45) is 8.87. The molecule has 3 heterocycles. The monoisotopic (exact) mass is 371 g/mol. The number of hydrogen-bond donors (Lipinski definition) is 2. The molecular formula is C22H21N5O. The van der Waals surface area contributed by atoms with E-state index in [9.17, 15) is 4.79 Å². The van der Waals surface area contributed by atoms with Gasteiger partial charge in [-0.25, -0.2) is 4.98 Å². The van der Waals surface area contributed by atoms with E-state index in [1.807, 2.05) is 36.4 Å². The first kappa shape index (κ1) is 16.9. The smallest absolute Gasteiger partial charge is 0.183 e. The molecule has 3 aromatic heterocycles. The van der Waals surface area contributed by atoms with E-state index in [0.29, 0.717) is 23.7 Å². The van der Waals surface area contributed by atoms with Crippen LogP contribution in [0.5, 0.6) is 0 Å². The number of carbonyl (C=O) groups is 1. The van der Waals surface area contributed by atoms with Gasteiger partial charge in [-0.1, -0.05) is 31.7 Å². The number of pyridine rings is 2. The molecule has 1 saturated carbocycles. The highest BCUT2D eigenvalue weighted by Gasteiger charge is 2.21. The topological polar surface area (TPSA) is 83.6 Å². The Balaban J connectivity index is 1.44. The van der Waals surface area contributed by atoms with Crippen LogP contribution in [0.15, 0.2) is 48.8 Å². The fourth-order valence-electron chi connectivity index (χ4n) is 4.14. The van der Waals surface area contributed by atoms with Gasteiger partial charge in [0.05, 0.1) is 5.39 Å². The number of rotatable bonds is 5. The molecule has 0 spiro atoms. The summed E-state index contributed by atoms with van der Waals surface area (Å²) in [7, 11) is 0. The maximum Gasteiger partial charge on any atom is 0.183 e. The van der Waals surface area contributed by atoms with Crippen LogP contribution >= 0.6 is 0 Å². The number of nitrogens with zero attached hydrogens (tertiary/aromatic N) is 3. The second-order valence-electron chi connectivity index (χ2n) is 7.47. The Labute approximate surface area is 162 Å². The summed E-state index contributed by atoms with van der Waals surface area (Å²) in [5, 5.41) is 13.4. The first-order valence-electron chi connectivity index (χ1n) is 9.76. The van der Waals surface area contributed by atoms with Crippen LogP contribution < -0.4 is 5.32 Å². The SMILES string of the molecule is O=C(CC1CCCC1)c1nccc2cc(Nc3[nH]nc4ncccc34)ccc12. The molecule has 0 amide bonds. The third kappa shape index (κ3) is 3.11. The molecule has 6 heteroatoms. The molecule has 0 atom stereocenters. The maximum absolute atomic E-state index is 12.8. The molecule has 0 radical (unpaired) electrons. The van der Waals surface area contributed by atoms with Crippen LogP contribution in [0.2, 0.25) is 0 Å². The fourth-order valence-corrected chi connectivity index (χ4v) is 4.14. The summed E-state index contributed by atoms with van der Waals surface area (Å²) in [6, 6.07) is 11.8. The number of aromatic nitrogens is 4. The molecule has 0 saturated heterocycles. The number of H-pyrrole nitrogens is 1. The molecule has 5 rings (SSSR count). The Morgan fingerprint density at radius 2 is 1.96 bits per heavy atom. The molecule has 1 fully saturated rings. The number of fused-ring (bicyclic) bond motifs is 2. The van der Waals surface area contributed by atoms with Crippen molar-refractivity contribution in [2.75, 3.05) is 5.32 Å². The first-order valence-corrected chi connectivity index (χ1v) is 9.76. The van der Waals surface area contributed by atoms with Crippen molar-refractivity contribution in [1.82, 2.24) is 20.2 Å². The number of hydrogen-bond acceptors (Lipinski definition) is 5. The predicted molar refractivity (Wildman–Crippen MR) is 110 cm³/mol. The molecular weight excluding hydrogens is 350 g/mol. The standard InChI is InChI=1S/C22H21N5O/c28-19(12-14-4-1-2-5-14)20-17-8-7-16(13-15(17)9-11-23-20)25-22-18-6-3-10-24-21(18)26-27-22/h3,6-11,13-14H,1-2,4-5,12H2,(H2,24,25,26,27). The normalized spacial score (nSPS) is 14.7. The Bertz CT molecular complexity index is 1160. The molecule has 0 bridgehead atoms. The van der Waals surface area contributed by atoms with Crippen molar-refractivity contribution < 1.29 is 4.79 Å². The van der Waals surface area contributed by atoms with Crippen LogP contribution in [-0.4, -0.2) is 25.9 Å². The van der Waals surface area contributed by atoms with E-state index in [-0.39, 0.29) is 5.78 Å². The van der Waals surface area contributed by atoms with Gasteiger partial charge in [-0.2, -0.15) is 5.10 Å². The van der Waals surface area contributed by atoms with Gasteiger partial charge in [0, 0.05) is 29.9 Å². The van der Waals surface area contributed by atoms with Crippen LogP contribution in [0.4, 0.5) is 11.5 Å². The molecule has 1 aromatic carbocycles. The van der Waals surface area contributed by atoms with Crippen LogP contribution in [-0.2, 0) is 0 Å². The zero-order valence-electron chi connectivity index (χ0n) is 15.5. The second-order valence-corrected chi connectivity index (χ2v) is 7.47. The van der Waals surface area contributed by atoms with Gasteiger partial charge in [0.2, 0.25) is 0 Å². The van der Waals surface area contributed by atoms with E-state index < -0.39 is 0 Å². The quantitative estimate of drug-likeness (QED) is 0.482. The second kappa shape index (κ2) is 7.03. The van der Waals surface area contributed by atoms with Gasteiger partial charge in [-0.05, 0) is 41.6 Å². The van der Waals surface area contributed by atoms with Gasteiger partial charge in [-0.15, -0.1) is 0 Å². The van der Waals surface area contributed by atoms with Crippen molar-refractivity contribution in [1.29, 1.82) is 0 Å². The van der Waals surface area contributed by atoms with E-state index in [0.717, 1.165) is 40.5 Å². The van der Waals surface area contributed by atoms with Gasteiger partial charge in [0.1, 0.15) is 11.5 Å². The van der Waals surface area contributed by atoms with Crippen LogP contribution in [0.3, 0.4) is 0 Å². The Kier molecular flexibility index (Phi) is 4.24. The van der Waals surface area contributed by atoms with E-state index in [1.165, 1.54) is 12.8 Å². The average molecular weight is 371 g/mol. The highest BCUT2D eigenvalue weighted by molar-refractivity contribution is 6.07. The largest absolute Gasteiger partial charge is 0.340 e. The van der Waals surface area contributed by atoms with Crippen molar-refractivity contribution in [3.05, 3.63) is 54.5 Å². The molecule has 6 nitrogen and oxygen atoms in total. The van der Waals surface area contributed by atoms with Crippen LogP contribution in [0.25, 0.3) is 21.8 Å². The van der Waals surface area contributed by atoms with E-state index in [4.69, 9.17) is 0 Å². The van der Waals surface area contributed by atoms with Gasteiger partial charge in [0.25, 0.3) is 0 Å². The fraction of sp³-hybridized carbons (Fsp3) is 0.273. The summed E-state index contributed by atoms with van der Waals surface area (Å²) in [6.45, 7) is 0. The zero-order valence-corrected chi connectivity index (χ0v) is 15.5. The van der Waals surface area contributed by atoms with E-state index >= 15 is 0 Å². The first-order chi connectivity index (χ1) is 13.8. The minimum atomic E-state index is 0.156. The maximum atomic E-state index is 12.8. The number of Topliss-reactive ketones (excluding diaryl/α,β-unsaturated/α-hetero) is 1. The third-order valence-corrected chi connectivity index (χ3v) is 5.58. The highest BCUT2D eigenvalue weighted by Crippen LogP contribution is 2.30. The average Bonchev–Trinajstić information content (AvgIpc) is 3.38. The summed E-state index contributed by atoms with van der Waals surface area (Å²) < 4.78 is 0. The third-order valence-electron chi connectivity index (χ3n) is 5.58. The van der Waals surface area contributed by atoms with Gasteiger partial charge in [0.15, 0.2) is 11.4 Å². The lowest BCUT2D eigenvalue weighted by Gasteiger charge is -2.10. The predicted octanol–water partition coefficient (Wildman–Crippen LogP) is 5.01. The van der Waals surface area contributed by atoms with Crippen LogP contribution in [0.1, 0.15) is 42.6 Å². The molecule has 4 aromatic rings. The van der Waals surface area contributed by atoms with Crippen molar-refractivity contribution in [3.63, 3.8) is 0 Å². The Morgan fingerprint density at radius 1 is 1.07 bits per heavy atom. The molecule has 1 aliphatic carbocycles. The molecule has 0 unspecified atom stereocenters. The van der Waals surface area contributed by atoms with Crippen LogP contribution in [0, 0.1) is 5.92 Å². The molecule has 0 aliphatic heterocycles. The number of ketones is 1. The lowest BCUT2D eigenvalue weighted by molar-refractivity contribution is 0.0959. The number of nitrogens with one attached hydrogen (secondary N) is 2. The molecule has 2 N–H and O–H groups in total. The Morgan fingerprint density at radius 3 is 2.86 bits per heavy atom. The van der Waals surface area contributed by atoms with Crippen molar-refractivity contribution in [2.45, 2.75) is 32.1 Å². The van der Waals surface area contributed by atoms with Crippen molar-refractivity contribution in [3.8, 4) is 0 Å². The number of aromatic amines is 1. The van der Waals surface area contributed by atoms with Gasteiger partial charge < -0.3 is 5.32 Å². The van der Waals surface area contributed by atoms with Crippen molar-refractivity contribution in [2.24, 2.45) is 5.92 Å². The summed E-state index contributed by atoms with van der Waals surface area (Å²) >= 11 is 0. The minimum Gasteiger partial charge on any atom is -0.340 e. The molecule has 1 aliphatic rings. The van der Waals surface area contributed by atoms with Crippen molar-refractivity contribution >= 4 is 39.1 Å². The lowest BCUT2D eigenvalue weighted by Crippen LogP contribution is -2.08. The zero-order chi connectivity index (χ0) is 18.9. The minimum absolute atomic E-state index is 0.156. The summed E-state index contributed by atoms with van der Waals surface area (Å²) in [5.41, 5.74) is 2.18. The van der Waals surface area contributed by atoms with E-state index in [1.54, 1.807) is 12.4 Å². The molecule has 140 valence electrons. The summed E-state index contributed by atoms with van der Waals surface area (Å²) in [4.78, 5) is 21.4. The molecule has 28 heavy (non-hydrogen) atoms. The van der Waals surface area contributed by atoms with Gasteiger partial charge >= 0.3 is 0 Å². The Hall–Kier alpha value is -3.28.